The Hall–Kier alpha value is -3.20. The van der Waals surface area contributed by atoms with Crippen LogP contribution in [0.2, 0.25) is 0 Å². The summed E-state index contributed by atoms with van der Waals surface area (Å²) >= 11 is 0. The summed E-state index contributed by atoms with van der Waals surface area (Å²) in [7, 11) is -4.01. The Balaban J connectivity index is 1.54. The number of rotatable bonds is 9. The van der Waals surface area contributed by atoms with E-state index in [-0.39, 0.29) is 47.8 Å². The molecule has 1 heterocycles. The smallest absolute Gasteiger partial charge is 0.269 e. The third kappa shape index (κ3) is 5.16. The van der Waals surface area contributed by atoms with Crippen LogP contribution in [0.4, 0.5) is 0 Å². The molecule has 2 aliphatic rings. The van der Waals surface area contributed by atoms with E-state index in [2.05, 4.69) is 5.32 Å². The molecule has 1 atom stereocenters. The molecular formula is C27H33N3O5S. The molecule has 8 nitrogen and oxygen atoms in total. The van der Waals surface area contributed by atoms with Gasteiger partial charge in [0.1, 0.15) is 10.9 Å². The Morgan fingerprint density at radius 3 is 2.42 bits per heavy atom. The molecule has 4 rings (SSSR count). The molecule has 0 spiro atoms. The zero-order valence-corrected chi connectivity index (χ0v) is 21.6. The van der Waals surface area contributed by atoms with Crippen molar-refractivity contribution >= 4 is 27.7 Å². The second kappa shape index (κ2) is 10.8. The third-order valence-corrected chi connectivity index (χ3v) is 8.97. The number of carbonyl (C=O) groups is 3. The number of aryl methyl sites for hydroxylation is 1. The van der Waals surface area contributed by atoms with Gasteiger partial charge in [-0.15, -0.1) is 0 Å². The van der Waals surface area contributed by atoms with Crippen LogP contribution in [0.3, 0.4) is 0 Å². The fourth-order valence-corrected chi connectivity index (χ4v) is 6.62. The summed E-state index contributed by atoms with van der Waals surface area (Å²) in [4.78, 5) is 41.1. The Kier molecular flexibility index (Phi) is 7.78. The minimum Gasteiger partial charge on any atom is -0.352 e. The summed E-state index contributed by atoms with van der Waals surface area (Å²) in [6.45, 7) is 3.76. The minimum atomic E-state index is -4.01. The molecule has 0 bridgehead atoms. The molecular weight excluding hydrogens is 478 g/mol. The summed E-state index contributed by atoms with van der Waals surface area (Å²) in [6, 6.07) is 13.1. The van der Waals surface area contributed by atoms with E-state index in [4.69, 9.17) is 0 Å². The van der Waals surface area contributed by atoms with Gasteiger partial charge in [-0.2, -0.15) is 0 Å². The second-order valence-electron chi connectivity index (χ2n) is 9.49. The van der Waals surface area contributed by atoms with Crippen LogP contribution in [0.25, 0.3) is 0 Å². The maximum atomic E-state index is 13.6. The van der Waals surface area contributed by atoms with Gasteiger partial charge in [-0.05, 0) is 49.4 Å². The molecule has 0 saturated heterocycles. The number of hydrogen-bond acceptors (Lipinski definition) is 5. The van der Waals surface area contributed by atoms with Crippen molar-refractivity contribution in [3.63, 3.8) is 0 Å². The molecule has 2 aromatic rings. The van der Waals surface area contributed by atoms with Gasteiger partial charge in [-0.3, -0.25) is 14.4 Å². The molecule has 0 unspecified atom stereocenters. The molecule has 1 aliphatic heterocycles. The maximum absolute atomic E-state index is 13.6. The van der Waals surface area contributed by atoms with Gasteiger partial charge in [0, 0.05) is 25.6 Å². The molecule has 36 heavy (non-hydrogen) atoms. The summed E-state index contributed by atoms with van der Waals surface area (Å²) in [5.74, 6) is -1.19. The quantitative estimate of drug-likeness (QED) is 0.556. The number of fused-ring (bicyclic) bond motifs is 1. The first-order chi connectivity index (χ1) is 17.2. The topological polar surface area (TPSA) is 104 Å². The lowest BCUT2D eigenvalue weighted by atomic mass is 10.0. The molecule has 0 radical (unpaired) electrons. The van der Waals surface area contributed by atoms with Crippen molar-refractivity contribution in [3.8, 4) is 0 Å². The fourth-order valence-electron chi connectivity index (χ4n) is 5.05. The van der Waals surface area contributed by atoms with Gasteiger partial charge in [-0.25, -0.2) is 12.7 Å². The van der Waals surface area contributed by atoms with E-state index in [9.17, 15) is 22.8 Å². The number of hydrogen-bond donors (Lipinski definition) is 1. The highest BCUT2D eigenvalue weighted by Gasteiger charge is 2.41. The second-order valence-corrected chi connectivity index (χ2v) is 11.3. The van der Waals surface area contributed by atoms with Crippen LogP contribution in [-0.2, 0) is 26.2 Å². The standard InChI is InChI=1S/C27H33N3O5S/c1-3-23(26(32)28-21-12-6-7-13-21)29(18-20-11-5-4-10-19(20)2)25(31)16-17-30-27(33)22-14-8-9-15-24(22)36(30,34)35/h4-5,8-11,14-15,21,23H,3,6-7,12-13,16-18H2,1-2H3,(H,28,32)/t23-/m0/s1. The summed E-state index contributed by atoms with van der Waals surface area (Å²) in [5.41, 5.74) is 2.02. The normalized spacial score (nSPS) is 17.6. The molecule has 9 heteroatoms. The zero-order chi connectivity index (χ0) is 25.9. The van der Waals surface area contributed by atoms with E-state index in [1.54, 1.807) is 12.1 Å². The lowest BCUT2D eigenvalue weighted by Gasteiger charge is -2.32. The van der Waals surface area contributed by atoms with Crippen molar-refractivity contribution in [1.29, 1.82) is 0 Å². The van der Waals surface area contributed by atoms with E-state index in [0.29, 0.717) is 6.42 Å². The van der Waals surface area contributed by atoms with Gasteiger partial charge >= 0.3 is 0 Å². The van der Waals surface area contributed by atoms with Gasteiger partial charge in [0.05, 0.1) is 5.56 Å². The van der Waals surface area contributed by atoms with Gasteiger partial charge in [-0.1, -0.05) is 56.2 Å². The molecule has 1 aliphatic carbocycles. The van der Waals surface area contributed by atoms with E-state index < -0.39 is 22.0 Å². The molecule has 192 valence electrons. The number of benzene rings is 2. The number of carbonyl (C=O) groups excluding carboxylic acids is 3. The molecule has 1 saturated carbocycles. The Morgan fingerprint density at radius 1 is 1.08 bits per heavy atom. The lowest BCUT2D eigenvalue weighted by Crippen LogP contribution is -2.51. The molecule has 0 aromatic heterocycles. The average molecular weight is 512 g/mol. The largest absolute Gasteiger partial charge is 0.352 e. The summed E-state index contributed by atoms with van der Waals surface area (Å²) < 4.78 is 26.6. The average Bonchev–Trinajstić information content (AvgIpc) is 3.43. The molecule has 1 N–H and O–H groups in total. The third-order valence-electron chi connectivity index (χ3n) is 7.13. The highest BCUT2D eigenvalue weighted by Crippen LogP contribution is 2.30. The minimum absolute atomic E-state index is 0.0402. The van der Waals surface area contributed by atoms with E-state index in [1.165, 1.54) is 17.0 Å². The zero-order valence-electron chi connectivity index (χ0n) is 20.8. The fraction of sp³-hybridized carbons (Fsp3) is 0.444. The molecule has 2 aromatic carbocycles. The molecule has 1 fully saturated rings. The van der Waals surface area contributed by atoms with Crippen molar-refractivity contribution in [2.75, 3.05) is 6.54 Å². The van der Waals surface area contributed by atoms with Gasteiger partial charge in [0.2, 0.25) is 11.8 Å². The van der Waals surface area contributed by atoms with Crippen molar-refractivity contribution in [2.45, 2.75) is 75.9 Å². The Labute approximate surface area is 212 Å². The van der Waals surface area contributed by atoms with Crippen LogP contribution < -0.4 is 5.32 Å². The highest BCUT2D eigenvalue weighted by atomic mass is 32.2. The number of sulfonamides is 1. The maximum Gasteiger partial charge on any atom is 0.269 e. The first-order valence-corrected chi connectivity index (χ1v) is 14.0. The highest BCUT2D eigenvalue weighted by molar-refractivity contribution is 7.90. The summed E-state index contributed by atoms with van der Waals surface area (Å²) in [6.07, 6.45) is 4.23. The van der Waals surface area contributed by atoms with E-state index in [0.717, 1.165) is 41.1 Å². The van der Waals surface area contributed by atoms with Crippen LogP contribution in [0.1, 0.15) is 66.9 Å². The molecule has 3 amide bonds. The van der Waals surface area contributed by atoms with Crippen molar-refractivity contribution in [3.05, 3.63) is 65.2 Å². The SMILES string of the molecule is CC[C@@H](C(=O)NC1CCCC1)N(Cc1ccccc1C)C(=O)CCN1C(=O)c2ccccc2S1(=O)=O. The first kappa shape index (κ1) is 25.9. The van der Waals surface area contributed by atoms with E-state index >= 15 is 0 Å². The van der Waals surface area contributed by atoms with Crippen LogP contribution in [-0.4, -0.2) is 54.0 Å². The summed E-state index contributed by atoms with van der Waals surface area (Å²) in [5, 5.41) is 3.10. The van der Waals surface area contributed by atoms with Gasteiger partial charge in [0.15, 0.2) is 0 Å². The number of amides is 3. The van der Waals surface area contributed by atoms with Crippen molar-refractivity contribution < 1.29 is 22.8 Å². The predicted octanol–water partition coefficient (Wildman–Crippen LogP) is 3.40. The van der Waals surface area contributed by atoms with Crippen LogP contribution in [0, 0.1) is 6.92 Å². The number of nitrogens with zero attached hydrogens (tertiary/aromatic N) is 2. The van der Waals surface area contributed by atoms with E-state index in [1.807, 2.05) is 38.1 Å². The monoisotopic (exact) mass is 511 g/mol. The Morgan fingerprint density at radius 2 is 1.75 bits per heavy atom. The number of nitrogens with one attached hydrogen (secondary N) is 1. The van der Waals surface area contributed by atoms with Crippen molar-refractivity contribution in [1.82, 2.24) is 14.5 Å². The Bertz CT molecular complexity index is 1250. The van der Waals surface area contributed by atoms with Gasteiger partial charge in [0.25, 0.3) is 15.9 Å². The first-order valence-electron chi connectivity index (χ1n) is 12.5. The predicted molar refractivity (Wildman–Crippen MR) is 135 cm³/mol. The van der Waals surface area contributed by atoms with Crippen LogP contribution in [0.15, 0.2) is 53.4 Å². The van der Waals surface area contributed by atoms with Crippen LogP contribution >= 0.6 is 0 Å². The van der Waals surface area contributed by atoms with Crippen molar-refractivity contribution in [2.24, 2.45) is 0 Å². The lowest BCUT2D eigenvalue weighted by molar-refractivity contribution is -0.141. The van der Waals surface area contributed by atoms with Crippen LogP contribution in [0.5, 0.6) is 0 Å². The van der Waals surface area contributed by atoms with Gasteiger partial charge < -0.3 is 10.2 Å².